The third-order valence-electron chi connectivity index (χ3n) is 7.34. The molecule has 0 bridgehead atoms. The topological polar surface area (TPSA) is 0 Å². The molecule has 0 aromatic carbocycles. The van der Waals surface area contributed by atoms with Crippen molar-refractivity contribution in [2.24, 2.45) is 29.6 Å². The molecule has 0 heterocycles. The average Bonchev–Trinajstić information content (AvgIpc) is 3.09. The number of fused-ring (bicyclic) bond motifs is 2. The minimum atomic E-state index is 0.991. The fourth-order valence-electron chi connectivity index (χ4n) is 6.28. The van der Waals surface area contributed by atoms with E-state index in [4.69, 9.17) is 0 Å². The van der Waals surface area contributed by atoms with Crippen molar-refractivity contribution in [3.8, 4) is 0 Å². The molecule has 0 heteroatoms. The van der Waals surface area contributed by atoms with E-state index in [1.54, 1.807) is 32.1 Å². The van der Waals surface area contributed by atoms with Gasteiger partial charge in [0.05, 0.1) is 0 Å². The van der Waals surface area contributed by atoms with Crippen molar-refractivity contribution >= 4 is 0 Å². The molecule has 2 radical (unpaired) electrons. The second-order valence-corrected chi connectivity index (χ2v) is 8.24. The first-order chi connectivity index (χ1) is 9.92. The van der Waals surface area contributed by atoms with Crippen LogP contribution >= 0.6 is 0 Å². The van der Waals surface area contributed by atoms with E-state index in [0.29, 0.717) is 0 Å². The predicted molar refractivity (Wildman–Crippen MR) is 85.0 cm³/mol. The molecule has 112 valence electrons. The Hall–Kier alpha value is 0. The molecule has 0 saturated heterocycles. The van der Waals surface area contributed by atoms with Gasteiger partial charge in [0.25, 0.3) is 0 Å². The molecule has 0 aliphatic heterocycles. The van der Waals surface area contributed by atoms with E-state index in [9.17, 15) is 0 Å². The smallest absolute Gasteiger partial charge is 0.0204 e. The Bertz CT molecular complexity index is 288. The molecular formula is C20H32. The first-order valence-corrected chi connectivity index (χ1v) is 9.60. The zero-order valence-electron chi connectivity index (χ0n) is 13.2. The molecule has 0 spiro atoms. The largest absolute Gasteiger partial charge is 0.0530 e. The summed E-state index contributed by atoms with van der Waals surface area (Å²) in [6.07, 6.45) is 22.5. The van der Waals surface area contributed by atoms with Gasteiger partial charge in [0.1, 0.15) is 0 Å². The lowest BCUT2D eigenvalue weighted by atomic mass is 9.74. The van der Waals surface area contributed by atoms with E-state index >= 15 is 0 Å². The van der Waals surface area contributed by atoms with Crippen molar-refractivity contribution in [1.82, 2.24) is 0 Å². The Kier molecular flexibility index (Phi) is 4.10. The Balaban J connectivity index is 1.30. The molecule has 4 saturated carbocycles. The molecule has 20 heavy (non-hydrogen) atoms. The van der Waals surface area contributed by atoms with Gasteiger partial charge in [-0.15, -0.1) is 0 Å². The standard InChI is InChI=1S/C20H32/c1-3-7-19-15(5-1)9-11-17(19)13-14-18-12-10-16-6-2-4-8-20(16)18/h9,15-16,18-20H,1-8,10-14H2. The van der Waals surface area contributed by atoms with Crippen molar-refractivity contribution in [3.05, 3.63) is 12.3 Å². The summed E-state index contributed by atoms with van der Waals surface area (Å²) >= 11 is 0. The third kappa shape index (κ3) is 2.57. The summed E-state index contributed by atoms with van der Waals surface area (Å²) in [7, 11) is 0. The van der Waals surface area contributed by atoms with Crippen molar-refractivity contribution in [3.63, 3.8) is 0 Å². The van der Waals surface area contributed by atoms with Gasteiger partial charge < -0.3 is 0 Å². The van der Waals surface area contributed by atoms with Crippen LogP contribution in [0.1, 0.15) is 83.5 Å². The molecule has 0 nitrogen and oxygen atoms in total. The molecule has 5 unspecified atom stereocenters. The van der Waals surface area contributed by atoms with Crippen molar-refractivity contribution in [2.75, 3.05) is 0 Å². The second-order valence-electron chi connectivity index (χ2n) is 8.24. The van der Waals surface area contributed by atoms with Gasteiger partial charge in [-0.1, -0.05) is 32.1 Å². The molecule has 4 aliphatic carbocycles. The highest BCUT2D eigenvalue weighted by Gasteiger charge is 2.40. The highest BCUT2D eigenvalue weighted by Crippen LogP contribution is 2.51. The van der Waals surface area contributed by atoms with Gasteiger partial charge in [-0.05, 0) is 93.3 Å². The molecule has 0 N–H and O–H groups in total. The fourth-order valence-corrected chi connectivity index (χ4v) is 6.28. The fraction of sp³-hybridized carbons (Fsp3) is 0.900. The van der Waals surface area contributed by atoms with E-state index < -0.39 is 0 Å². The van der Waals surface area contributed by atoms with Gasteiger partial charge in [0.15, 0.2) is 0 Å². The van der Waals surface area contributed by atoms with Crippen molar-refractivity contribution < 1.29 is 0 Å². The minimum absolute atomic E-state index is 0.991. The Morgan fingerprint density at radius 1 is 0.850 bits per heavy atom. The summed E-state index contributed by atoms with van der Waals surface area (Å²) in [5.41, 5.74) is 0. The van der Waals surface area contributed by atoms with Crippen LogP contribution in [0, 0.1) is 41.9 Å². The molecule has 0 aromatic rings. The summed E-state index contributed by atoms with van der Waals surface area (Å²) in [6.45, 7) is 0. The van der Waals surface area contributed by atoms with Crippen LogP contribution < -0.4 is 0 Å². The lowest BCUT2D eigenvalue weighted by Crippen LogP contribution is -2.21. The summed E-state index contributed by atoms with van der Waals surface area (Å²) in [6, 6.07) is 0. The zero-order chi connectivity index (χ0) is 13.4. The van der Waals surface area contributed by atoms with E-state index in [1.807, 2.05) is 5.92 Å². The Morgan fingerprint density at radius 2 is 1.70 bits per heavy atom. The van der Waals surface area contributed by atoms with E-state index in [2.05, 4.69) is 6.42 Å². The predicted octanol–water partition coefficient (Wildman–Crippen LogP) is 5.97. The maximum absolute atomic E-state index is 2.68. The van der Waals surface area contributed by atoms with E-state index in [0.717, 1.165) is 29.6 Å². The van der Waals surface area contributed by atoms with Crippen LogP contribution in [0.15, 0.2) is 0 Å². The summed E-state index contributed by atoms with van der Waals surface area (Å²) in [4.78, 5) is 0. The summed E-state index contributed by atoms with van der Waals surface area (Å²) < 4.78 is 0. The second kappa shape index (κ2) is 6.01. The first-order valence-electron chi connectivity index (χ1n) is 9.60. The highest BCUT2D eigenvalue weighted by molar-refractivity contribution is 5.13. The first kappa shape index (κ1) is 13.6. The van der Waals surface area contributed by atoms with Crippen LogP contribution in [0.2, 0.25) is 0 Å². The lowest BCUT2D eigenvalue weighted by Gasteiger charge is -2.32. The zero-order valence-corrected chi connectivity index (χ0v) is 13.2. The van der Waals surface area contributed by atoms with Gasteiger partial charge >= 0.3 is 0 Å². The van der Waals surface area contributed by atoms with Crippen LogP contribution in [0.3, 0.4) is 0 Å². The van der Waals surface area contributed by atoms with E-state index in [-0.39, 0.29) is 0 Å². The van der Waals surface area contributed by atoms with E-state index in [1.165, 1.54) is 51.4 Å². The van der Waals surface area contributed by atoms with Crippen LogP contribution in [0.25, 0.3) is 0 Å². The molecule has 4 fully saturated rings. The average molecular weight is 272 g/mol. The van der Waals surface area contributed by atoms with Gasteiger partial charge in [0.2, 0.25) is 0 Å². The maximum Gasteiger partial charge on any atom is -0.0204 e. The third-order valence-corrected chi connectivity index (χ3v) is 7.34. The lowest BCUT2D eigenvalue weighted by molar-refractivity contribution is 0.216. The molecule has 0 amide bonds. The van der Waals surface area contributed by atoms with Gasteiger partial charge in [-0.25, -0.2) is 0 Å². The summed E-state index contributed by atoms with van der Waals surface area (Å²) in [5.74, 6) is 7.36. The van der Waals surface area contributed by atoms with Crippen molar-refractivity contribution in [1.29, 1.82) is 0 Å². The minimum Gasteiger partial charge on any atom is -0.0530 e. The molecule has 5 atom stereocenters. The highest BCUT2D eigenvalue weighted by atomic mass is 14.5. The Labute approximate surface area is 126 Å². The van der Waals surface area contributed by atoms with Gasteiger partial charge in [-0.3, -0.25) is 0 Å². The van der Waals surface area contributed by atoms with Crippen LogP contribution in [-0.2, 0) is 0 Å². The summed E-state index contributed by atoms with van der Waals surface area (Å²) in [5, 5.41) is 0. The normalized spacial score (nSPS) is 45.3. The monoisotopic (exact) mass is 272 g/mol. The van der Waals surface area contributed by atoms with Crippen LogP contribution in [0.4, 0.5) is 0 Å². The molecule has 0 aromatic heterocycles. The molecular weight excluding hydrogens is 240 g/mol. The van der Waals surface area contributed by atoms with Gasteiger partial charge in [0, 0.05) is 0 Å². The van der Waals surface area contributed by atoms with Gasteiger partial charge in [-0.2, -0.15) is 0 Å². The number of hydrogen-bond donors (Lipinski definition) is 0. The van der Waals surface area contributed by atoms with Crippen molar-refractivity contribution in [2.45, 2.75) is 83.5 Å². The number of hydrogen-bond acceptors (Lipinski definition) is 0. The van der Waals surface area contributed by atoms with Crippen LogP contribution in [-0.4, -0.2) is 0 Å². The molecule has 4 rings (SSSR count). The Morgan fingerprint density at radius 3 is 2.70 bits per heavy atom. The quantitative estimate of drug-likeness (QED) is 0.593. The number of rotatable bonds is 3. The maximum atomic E-state index is 2.68. The SMILES string of the molecule is [CH]1C[C](CCC2CCC3CCCCC32)C2CCCCC12. The van der Waals surface area contributed by atoms with Crippen LogP contribution in [0.5, 0.6) is 0 Å². The molecule has 4 aliphatic rings.